The van der Waals surface area contributed by atoms with Crippen LogP contribution < -0.4 is 10.2 Å². The molecule has 0 spiro atoms. The number of hydrogen-bond donors (Lipinski definition) is 1. The number of nitrogens with one attached hydrogen (secondary N) is 1. The first-order chi connectivity index (χ1) is 14.7. The van der Waals surface area contributed by atoms with E-state index < -0.39 is 0 Å². The predicted octanol–water partition coefficient (Wildman–Crippen LogP) is 4.64. The van der Waals surface area contributed by atoms with Gasteiger partial charge < -0.3 is 15.0 Å². The molecule has 4 heteroatoms. The second-order valence-corrected chi connectivity index (χ2v) is 10.9. The summed E-state index contributed by atoms with van der Waals surface area (Å²) >= 11 is 0. The molecule has 1 saturated heterocycles. The maximum absolute atomic E-state index is 13.0. The molecular formula is C26H36N2O2. The van der Waals surface area contributed by atoms with E-state index in [1.807, 2.05) is 12.1 Å². The molecule has 5 aliphatic carbocycles. The molecule has 0 aromatic heterocycles. The quantitative estimate of drug-likeness (QED) is 0.746. The Labute approximate surface area is 180 Å². The Morgan fingerprint density at radius 3 is 2.13 bits per heavy atom. The number of piperidine rings is 1. The molecule has 5 saturated carbocycles. The van der Waals surface area contributed by atoms with Gasteiger partial charge in [0.25, 0.3) is 5.91 Å². The van der Waals surface area contributed by atoms with Gasteiger partial charge in [-0.2, -0.15) is 0 Å². The minimum atomic E-state index is 0.131. The normalized spacial score (nSPS) is 35.6. The number of ether oxygens (including phenoxy) is 1. The second kappa shape index (κ2) is 7.85. The lowest BCUT2D eigenvalue weighted by Crippen LogP contribution is -2.55. The van der Waals surface area contributed by atoms with Crippen molar-refractivity contribution in [1.82, 2.24) is 5.32 Å². The summed E-state index contributed by atoms with van der Waals surface area (Å²) in [6.45, 7) is 3.07. The van der Waals surface area contributed by atoms with E-state index in [9.17, 15) is 4.79 Å². The van der Waals surface area contributed by atoms with Gasteiger partial charge in [-0.05, 0) is 112 Å². The van der Waals surface area contributed by atoms with Crippen LogP contribution in [-0.2, 0) is 4.74 Å². The van der Waals surface area contributed by atoms with Crippen molar-refractivity contribution in [3.8, 4) is 0 Å². The number of hydrogen-bond acceptors (Lipinski definition) is 3. The summed E-state index contributed by atoms with van der Waals surface area (Å²) in [4.78, 5) is 15.4. The monoisotopic (exact) mass is 408 g/mol. The highest BCUT2D eigenvalue weighted by Gasteiger charge is 2.48. The smallest absolute Gasteiger partial charge is 0.251 e. The first kappa shape index (κ1) is 19.2. The highest BCUT2D eigenvalue weighted by molar-refractivity contribution is 5.94. The molecule has 7 rings (SSSR count). The van der Waals surface area contributed by atoms with Crippen molar-refractivity contribution in [2.75, 3.05) is 24.6 Å². The van der Waals surface area contributed by atoms with E-state index in [1.54, 1.807) is 0 Å². The summed E-state index contributed by atoms with van der Waals surface area (Å²) in [6, 6.07) is 8.74. The molecule has 162 valence electrons. The summed E-state index contributed by atoms with van der Waals surface area (Å²) < 4.78 is 6.07. The molecule has 1 aromatic carbocycles. The Morgan fingerprint density at radius 2 is 1.53 bits per heavy atom. The van der Waals surface area contributed by atoms with Gasteiger partial charge in [0.15, 0.2) is 0 Å². The third-order valence-corrected chi connectivity index (χ3v) is 8.73. The molecule has 1 amide bonds. The van der Waals surface area contributed by atoms with Crippen molar-refractivity contribution in [2.24, 2.45) is 29.6 Å². The zero-order valence-electron chi connectivity index (χ0n) is 18.1. The van der Waals surface area contributed by atoms with Crippen LogP contribution in [0, 0.1) is 29.6 Å². The average molecular weight is 409 g/mol. The number of amides is 1. The molecule has 0 unspecified atom stereocenters. The molecule has 0 radical (unpaired) electrons. The highest BCUT2D eigenvalue weighted by Crippen LogP contribution is 2.53. The van der Waals surface area contributed by atoms with Gasteiger partial charge in [-0.15, -0.1) is 0 Å². The topological polar surface area (TPSA) is 41.6 Å². The molecule has 1 aliphatic heterocycles. The molecule has 1 heterocycles. The largest absolute Gasteiger partial charge is 0.378 e. The van der Waals surface area contributed by atoms with E-state index in [1.165, 1.54) is 50.6 Å². The van der Waals surface area contributed by atoms with Gasteiger partial charge in [-0.25, -0.2) is 0 Å². The van der Waals surface area contributed by atoms with E-state index >= 15 is 0 Å². The average Bonchev–Trinajstić information content (AvgIpc) is 3.59. The fourth-order valence-electron chi connectivity index (χ4n) is 7.06. The molecular weight excluding hydrogens is 372 g/mol. The van der Waals surface area contributed by atoms with E-state index in [0.717, 1.165) is 67.7 Å². The van der Waals surface area contributed by atoms with Crippen LogP contribution in [0.3, 0.4) is 0 Å². The van der Waals surface area contributed by atoms with Gasteiger partial charge in [0.05, 0.1) is 6.10 Å². The van der Waals surface area contributed by atoms with Gasteiger partial charge in [-0.3, -0.25) is 4.79 Å². The van der Waals surface area contributed by atoms with Gasteiger partial charge in [0, 0.05) is 37.0 Å². The molecule has 0 atom stereocenters. The van der Waals surface area contributed by atoms with Crippen LogP contribution in [-0.4, -0.2) is 37.7 Å². The van der Waals surface area contributed by atoms with Crippen LogP contribution in [0.4, 0.5) is 5.69 Å². The van der Waals surface area contributed by atoms with Crippen LogP contribution in [0.5, 0.6) is 0 Å². The molecule has 1 aromatic rings. The van der Waals surface area contributed by atoms with Crippen molar-refractivity contribution in [3.05, 3.63) is 29.8 Å². The van der Waals surface area contributed by atoms with Gasteiger partial charge >= 0.3 is 0 Å². The molecule has 6 aliphatic rings. The summed E-state index contributed by atoms with van der Waals surface area (Å²) in [6.07, 6.45) is 12.2. The standard InChI is InChI=1S/C26H36N2O2/c29-26(27-25-21-12-18-11-19(14-21)15-22(25)13-18)20-3-5-23(6-4-20)28-9-7-24(8-10-28)30-16-17-1-2-17/h3-6,17-19,21-22,24-25H,1-2,7-16H2,(H,27,29). The fraction of sp³-hybridized carbons (Fsp3) is 0.731. The lowest BCUT2D eigenvalue weighted by molar-refractivity contribution is -0.0119. The number of carbonyl (C=O) groups excluding carboxylic acids is 1. The van der Waals surface area contributed by atoms with Crippen LogP contribution in [0.15, 0.2) is 24.3 Å². The number of carbonyl (C=O) groups is 1. The zero-order valence-corrected chi connectivity index (χ0v) is 18.1. The van der Waals surface area contributed by atoms with Crippen LogP contribution in [0.2, 0.25) is 0 Å². The molecule has 30 heavy (non-hydrogen) atoms. The Bertz CT molecular complexity index is 736. The van der Waals surface area contributed by atoms with Gasteiger partial charge in [0.1, 0.15) is 0 Å². The Balaban J connectivity index is 1.03. The van der Waals surface area contributed by atoms with Crippen molar-refractivity contribution in [1.29, 1.82) is 0 Å². The fourth-order valence-corrected chi connectivity index (χ4v) is 7.06. The Kier molecular flexibility index (Phi) is 5.02. The van der Waals surface area contributed by atoms with E-state index in [-0.39, 0.29) is 5.91 Å². The van der Waals surface area contributed by atoms with Crippen LogP contribution >= 0.6 is 0 Å². The maximum atomic E-state index is 13.0. The first-order valence-electron chi connectivity index (χ1n) is 12.5. The second-order valence-electron chi connectivity index (χ2n) is 10.9. The van der Waals surface area contributed by atoms with E-state index in [0.29, 0.717) is 12.1 Å². The summed E-state index contributed by atoms with van der Waals surface area (Å²) in [7, 11) is 0. The van der Waals surface area contributed by atoms with Crippen molar-refractivity contribution >= 4 is 11.6 Å². The van der Waals surface area contributed by atoms with Crippen molar-refractivity contribution in [3.63, 3.8) is 0 Å². The Hall–Kier alpha value is -1.55. The number of anilines is 1. The van der Waals surface area contributed by atoms with Crippen molar-refractivity contribution in [2.45, 2.75) is 69.9 Å². The van der Waals surface area contributed by atoms with Gasteiger partial charge in [-0.1, -0.05) is 0 Å². The lowest BCUT2D eigenvalue weighted by atomic mass is 9.54. The van der Waals surface area contributed by atoms with Crippen LogP contribution in [0.25, 0.3) is 0 Å². The Morgan fingerprint density at radius 1 is 0.900 bits per heavy atom. The number of benzene rings is 1. The number of nitrogens with zero attached hydrogens (tertiary/aromatic N) is 1. The maximum Gasteiger partial charge on any atom is 0.251 e. The summed E-state index contributed by atoms with van der Waals surface area (Å²) in [5.74, 6) is 4.33. The highest BCUT2D eigenvalue weighted by atomic mass is 16.5. The third-order valence-electron chi connectivity index (χ3n) is 8.73. The first-order valence-corrected chi connectivity index (χ1v) is 12.5. The molecule has 6 fully saturated rings. The predicted molar refractivity (Wildman–Crippen MR) is 119 cm³/mol. The van der Waals surface area contributed by atoms with E-state index in [4.69, 9.17) is 4.74 Å². The molecule has 4 nitrogen and oxygen atoms in total. The third kappa shape index (κ3) is 3.88. The van der Waals surface area contributed by atoms with E-state index in [2.05, 4.69) is 22.3 Å². The van der Waals surface area contributed by atoms with Crippen molar-refractivity contribution < 1.29 is 9.53 Å². The summed E-state index contributed by atoms with van der Waals surface area (Å²) in [5, 5.41) is 3.44. The SMILES string of the molecule is O=C(NC1C2CC3CC(C2)CC1C3)c1ccc(N2CCC(OCC3CC3)CC2)cc1. The van der Waals surface area contributed by atoms with Gasteiger partial charge in [0.2, 0.25) is 0 Å². The minimum absolute atomic E-state index is 0.131. The minimum Gasteiger partial charge on any atom is -0.378 e. The zero-order chi connectivity index (χ0) is 20.1. The lowest BCUT2D eigenvalue weighted by Gasteiger charge is -2.54. The number of rotatable bonds is 6. The molecule has 4 bridgehead atoms. The van der Waals surface area contributed by atoms with Crippen LogP contribution in [0.1, 0.15) is 68.1 Å². The summed E-state index contributed by atoms with van der Waals surface area (Å²) in [5.41, 5.74) is 2.05. The molecule has 1 N–H and O–H groups in total.